The number of pyridine rings is 1. The van der Waals surface area contributed by atoms with Crippen LogP contribution in [0, 0.1) is 19.4 Å². The minimum atomic E-state index is 0. The van der Waals surface area contributed by atoms with Crippen molar-refractivity contribution < 1.29 is 21.1 Å². The SMILES string of the molecule is CN1C=CN(c2[c-]cccc2)[CH-]1.CN1C=CN(c2ccccn2)[CH-]1.[Pt]. The average molecular weight is 513 g/mol. The van der Waals surface area contributed by atoms with Crippen LogP contribution >= 0.6 is 0 Å². The van der Waals surface area contributed by atoms with Crippen LogP contribution in [0.5, 0.6) is 0 Å². The van der Waals surface area contributed by atoms with Gasteiger partial charge in [-0.15, -0.1) is 12.4 Å². The molecule has 0 bridgehead atoms. The molecule has 2 aliphatic heterocycles. The summed E-state index contributed by atoms with van der Waals surface area (Å²) < 4.78 is 0. The minimum Gasteiger partial charge on any atom is -0.510 e. The first kappa shape index (κ1) is 19.1. The Morgan fingerprint density at radius 1 is 0.840 bits per heavy atom. The van der Waals surface area contributed by atoms with Gasteiger partial charge in [-0.2, -0.15) is 37.0 Å². The summed E-state index contributed by atoms with van der Waals surface area (Å²) >= 11 is 0. The zero-order valence-electron chi connectivity index (χ0n) is 14.1. The van der Waals surface area contributed by atoms with Crippen LogP contribution in [-0.2, 0) is 21.1 Å². The van der Waals surface area contributed by atoms with Crippen molar-refractivity contribution in [2.24, 2.45) is 0 Å². The second kappa shape index (κ2) is 9.28. The molecule has 2 aliphatic rings. The zero-order valence-corrected chi connectivity index (χ0v) is 16.4. The second-order valence-corrected chi connectivity index (χ2v) is 5.41. The van der Waals surface area contributed by atoms with E-state index in [0.717, 1.165) is 11.5 Å². The van der Waals surface area contributed by atoms with Crippen molar-refractivity contribution in [3.63, 3.8) is 0 Å². The van der Waals surface area contributed by atoms with Crippen molar-refractivity contribution >= 4 is 11.5 Å². The van der Waals surface area contributed by atoms with Gasteiger partial charge in [-0.3, -0.25) is 0 Å². The molecule has 0 radical (unpaired) electrons. The van der Waals surface area contributed by atoms with Gasteiger partial charge in [-0.1, -0.05) is 6.07 Å². The van der Waals surface area contributed by atoms with E-state index in [0.29, 0.717) is 0 Å². The molecule has 0 saturated heterocycles. The molecule has 134 valence electrons. The summed E-state index contributed by atoms with van der Waals surface area (Å²) in [6.07, 6.45) is 9.75. The van der Waals surface area contributed by atoms with E-state index in [2.05, 4.69) is 11.1 Å². The van der Waals surface area contributed by atoms with Crippen molar-refractivity contribution in [3.05, 3.63) is 92.9 Å². The quantitative estimate of drug-likeness (QED) is 0.575. The maximum absolute atomic E-state index is 4.21. The summed E-state index contributed by atoms with van der Waals surface area (Å²) in [4.78, 5) is 12.2. The molecule has 5 nitrogen and oxygen atoms in total. The summed E-state index contributed by atoms with van der Waals surface area (Å²) in [6.45, 7) is 3.98. The van der Waals surface area contributed by atoms with Crippen molar-refractivity contribution in [1.29, 1.82) is 0 Å². The third-order valence-electron chi connectivity index (χ3n) is 3.42. The molecule has 6 heteroatoms. The molecule has 0 unspecified atom stereocenters. The molecule has 0 spiro atoms. The molecule has 3 heterocycles. The fourth-order valence-electron chi connectivity index (χ4n) is 2.23. The zero-order chi connectivity index (χ0) is 16.8. The molecule has 25 heavy (non-hydrogen) atoms. The third-order valence-corrected chi connectivity index (χ3v) is 3.42. The van der Waals surface area contributed by atoms with Crippen LogP contribution in [0.4, 0.5) is 11.5 Å². The Balaban J connectivity index is 0.000000173. The van der Waals surface area contributed by atoms with Gasteiger partial charge in [0.25, 0.3) is 0 Å². The van der Waals surface area contributed by atoms with Crippen LogP contribution in [0.3, 0.4) is 0 Å². The Labute approximate surface area is 164 Å². The first-order valence-electron chi connectivity index (χ1n) is 7.67. The first-order chi connectivity index (χ1) is 11.7. The maximum atomic E-state index is 4.21. The van der Waals surface area contributed by atoms with Crippen LogP contribution in [0.25, 0.3) is 0 Å². The molecule has 0 atom stereocenters. The van der Waals surface area contributed by atoms with Gasteiger partial charge in [0.05, 0.1) is 0 Å². The van der Waals surface area contributed by atoms with Gasteiger partial charge < -0.3 is 19.6 Å². The van der Waals surface area contributed by atoms with Gasteiger partial charge in [-0.05, 0) is 51.0 Å². The van der Waals surface area contributed by atoms with Crippen LogP contribution < -0.4 is 9.80 Å². The molecule has 0 aliphatic carbocycles. The first-order valence-corrected chi connectivity index (χ1v) is 7.67. The normalized spacial score (nSPS) is 15.1. The van der Waals surface area contributed by atoms with E-state index >= 15 is 0 Å². The van der Waals surface area contributed by atoms with Gasteiger partial charge >= 0.3 is 0 Å². The topological polar surface area (TPSA) is 25.9 Å². The van der Waals surface area contributed by atoms with E-state index in [1.807, 2.05) is 114 Å². The summed E-state index contributed by atoms with van der Waals surface area (Å²) in [5.74, 6) is 0.943. The number of rotatable bonds is 2. The number of hydrogen-bond donors (Lipinski definition) is 0. The smallest absolute Gasteiger partial charge is 0.104 e. The number of para-hydroxylation sites is 1. The number of nitrogens with zero attached hydrogens (tertiary/aromatic N) is 5. The van der Waals surface area contributed by atoms with E-state index in [4.69, 9.17) is 0 Å². The van der Waals surface area contributed by atoms with E-state index in [1.165, 1.54) is 0 Å². The van der Waals surface area contributed by atoms with E-state index in [-0.39, 0.29) is 21.1 Å². The molecule has 4 rings (SSSR count). The number of benzene rings is 1. The maximum Gasteiger partial charge on any atom is 0.104 e. The monoisotopic (exact) mass is 513 g/mol. The third kappa shape index (κ3) is 5.36. The van der Waals surface area contributed by atoms with Crippen LogP contribution in [0.15, 0.2) is 73.5 Å². The Kier molecular flexibility index (Phi) is 7.08. The van der Waals surface area contributed by atoms with E-state index in [9.17, 15) is 0 Å². The minimum absolute atomic E-state index is 0. The largest absolute Gasteiger partial charge is 0.510 e. The molecule has 0 amide bonds. The van der Waals surface area contributed by atoms with Gasteiger partial charge in [-0.25, -0.2) is 4.98 Å². The molecule has 2 aromatic rings. The Morgan fingerprint density at radius 3 is 2.04 bits per heavy atom. The van der Waals surface area contributed by atoms with Gasteiger partial charge in [0, 0.05) is 27.3 Å². The molecule has 0 N–H and O–H groups in total. The van der Waals surface area contributed by atoms with Crippen LogP contribution in [-0.4, -0.2) is 28.9 Å². The molecule has 0 fully saturated rings. The van der Waals surface area contributed by atoms with Gasteiger partial charge in [0.1, 0.15) is 5.82 Å². The Morgan fingerprint density at radius 2 is 1.52 bits per heavy atom. The Hall–Kier alpha value is -2.26. The summed E-state index contributed by atoms with van der Waals surface area (Å²) in [5, 5.41) is 0. The summed E-state index contributed by atoms with van der Waals surface area (Å²) in [7, 11) is 3.98. The summed E-state index contributed by atoms with van der Waals surface area (Å²) in [6, 6.07) is 16.9. The van der Waals surface area contributed by atoms with E-state index < -0.39 is 0 Å². The molecule has 1 aromatic heterocycles. The van der Waals surface area contributed by atoms with Gasteiger partial charge in [0.15, 0.2) is 0 Å². The van der Waals surface area contributed by atoms with Crippen LogP contribution in [0.1, 0.15) is 0 Å². The number of aromatic nitrogens is 1. The molecular weight excluding hydrogens is 493 g/mol. The fraction of sp³-hybridized carbons (Fsp3) is 0.105. The standard InChI is InChI=1S/C10H10N2.C9H10N3.Pt/c1-11-7-8-12(9-11)10-5-3-2-4-6-10;1-11-6-7-12(8-11)9-4-2-3-5-10-9;/h2-5,7-9H,1H3;2-8H,1H3;/q-2;-1;. The second-order valence-electron chi connectivity index (χ2n) is 5.41. The predicted octanol–water partition coefficient (Wildman–Crippen LogP) is 3.25. The summed E-state index contributed by atoms with van der Waals surface area (Å²) in [5.41, 5.74) is 1.07. The molecular formula is C19H20N5Pt-3. The van der Waals surface area contributed by atoms with Crippen LogP contribution in [0.2, 0.25) is 0 Å². The van der Waals surface area contributed by atoms with E-state index in [1.54, 1.807) is 6.20 Å². The molecule has 1 aromatic carbocycles. The van der Waals surface area contributed by atoms with Crippen molar-refractivity contribution in [2.45, 2.75) is 0 Å². The number of hydrogen-bond acceptors (Lipinski definition) is 5. The van der Waals surface area contributed by atoms with Crippen molar-refractivity contribution in [3.8, 4) is 0 Å². The fourth-order valence-corrected chi connectivity index (χ4v) is 2.23. The average Bonchev–Trinajstić information content (AvgIpc) is 3.26. The van der Waals surface area contributed by atoms with Gasteiger partial charge in [0.2, 0.25) is 0 Å². The molecule has 0 saturated carbocycles. The van der Waals surface area contributed by atoms with Crippen molar-refractivity contribution in [1.82, 2.24) is 14.8 Å². The predicted molar refractivity (Wildman–Crippen MR) is 96.9 cm³/mol. The van der Waals surface area contributed by atoms with Crippen molar-refractivity contribution in [2.75, 3.05) is 23.9 Å². The number of anilines is 2. The Bertz CT molecular complexity index is 628.